The van der Waals surface area contributed by atoms with Crippen molar-refractivity contribution in [2.75, 3.05) is 40.4 Å². The number of aromatic nitrogens is 3. The van der Waals surface area contributed by atoms with Gasteiger partial charge in [0.2, 0.25) is 0 Å². The molecule has 214 valence electrons. The number of rotatable bonds is 8. The van der Waals surface area contributed by atoms with Crippen LogP contribution in [0.3, 0.4) is 0 Å². The van der Waals surface area contributed by atoms with Crippen LogP contribution in [0.15, 0.2) is 77.9 Å². The Balaban J connectivity index is 0.00000141. The lowest BCUT2D eigenvalue weighted by atomic mass is 10.00. The van der Waals surface area contributed by atoms with Crippen LogP contribution in [0.25, 0.3) is 11.2 Å². The number of imidazole rings is 1. The van der Waals surface area contributed by atoms with Crippen LogP contribution >= 0.6 is 0 Å². The molecule has 1 fully saturated rings. The summed E-state index contributed by atoms with van der Waals surface area (Å²) in [6.07, 6.45) is 6.43. The lowest BCUT2D eigenvalue weighted by Gasteiger charge is -2.33. The van der Waals surface area contributed by atoms with Crippen molar-refractivity contribution < 1.29 is 14.3 Å². The summed E-state index contributed by atoms with van der Waals surface area (Å²) in [5.74, 6) is -0.356. The van der Waals surface area contributed by atoms with Gasteiger partial charge in [-0.15, -0.1) is 6.58 Å². The second kappa shape index (κ2) is 14.8. The SMILES string of the molecule is C=CC.COCCN(C)C(=O)/C(=C\C(C)c1ccccc1)NC(=O)N1CCC(n2c(=O)[nH]c3ncccc32)CC1. The molecule has 3 aromatic rings. The van der Waals surface area contributed by atoms with E-state index in [-0.39, 0.29) is 35.3 Å². The second-order valence-electron chi connectivity index (χ2n) is 9.73. The molecular weight excluding hydrogens is 508 g/mol. The topological polar surface area (TPSA) is 113 Å². The number of allylic oxidation sites excluding steroid dienone is 2. The Morgan fingerprint density at radius 1 is 1.23 bits per heavy atom. The summed E-state index contributed by atoms with van der Waals surface area (Å²) >= 11 is 0. The number of methoxy groups -OCH3 is 1. The number of benzene rings is 1. The third-order valence-corrected chi connectivity index (χ3v) is 6.80. The minimum atomic E-state index is -0.327. The van der Waals surface area contributed by atoms with Crippen molar-refractivity contribution in [2.45, 2.75) is 38.6 Å². The van der Waals surface area contributed by atoms with Crippen LogP contribution in [0.1, 0.15) is 44.2 Å². The number of nitrogens with one attached hydrogen (secondary N) is 2. The maximum atomic E-state index is 13.2. The molecule has 1 atom stereocenters. The lowest BCUT2D eigenvalue weighted by Crippen LogP contribution is -2.47. The Kier molecular flexibility index (Phi) is 11.3. The van der Waals surface area contributed by atoms with Gasteiger partial charge in [0.15, 0.2) is 5.65 Å². The molecule has 3 heterocycles. The van der Waals surface area contributed by atoms with Crippen molar-refractivity contribution in [1.29, 1.82) is 0 Å². The Bertz CT molecular complexity index is 1360. The quantitative estimate of drug-likeness (QED) is 0.326. The van der Waals surface area contributed by atoms with Crippen LogP contribution in [0.2, 0.25) is 0 Å². The highest BCUT2D eigenvalue weighted by molar-refractivity contribution is 5.97. The lowest BCUT2D eigenvalue weighted by molar-refractivity contribution is -0.126. The summed E-state index contributed by atoms with van der Waals surface area (Å²) in [5, 5.41) is 2.87. The van der Waals surface area contributed by atoms with E-state index in [0.717, 1.165) is 11.1 Å². The second-order valence-corrected chi connectivity index (χ2v) is 9.73. The van der Waals surface area contributed by atoms with E-state index in [0.29, 0.717) is 44.7 Å². The molecule has 1 aromatic carbocycles. The summed E-state index contributed by atoms with van der Waals surface area (Å²) in [7, 11) is 3.27. The van der Waals surface area contributed by atoms with E-state index >= 15 is 0 Å². The number of hydrogen-bond acceptors (Lipinski definition) is 5. The number of carbonyl (C=O) groups is 2. The number of urea groups is 1. The zero-order chi connectivity index (χ0) is 29.1. The number of H-pyrrole nitrogens is 1. The first-order valence-electron chi connectivity index (χ1n) is 13.5. The molecule has 2 N–H and O–H groups in total. The van der Waals surface area contributed by atoms with Crippen LogP contribution < -0.4 is 11.0 Å². The Morgan fingerprint density at radius 3 is 2.55 bits per heavy atom. The Hall–Kier alpha value is -4.18. The van der Waals surface area contributed by atoms with Gasteiger partial charge in [0.1, 0.15) is 5.70 Å². The van der Waals surface area contributed by atoms with E-state index < -0.39 is 0 Å². The van der Waals surface area contributed by atoms with Crippen molar-refractivity contribution in [1.82, 2.24) is 29.7 Å². The van der Waals surface area contributed by atoms with Crippen LogP contribution in [-0.2, 0) is 9.53 Å². The Labute approximate surface area is 235 Å². The molecule has 0 aliphatic carbocycles. The fourth-order valence-electron chi connectivity index (χ4n) is 4.65. The van der Waals surface area contributed by atoms with Gasteiger partial charge in [-0.2, -0.15) is 0 Å². The van der Waals surface area contributed by atoms with Gasteiger partial charge in [0.05, 0.1) is 12.1 Å². The number of fused-ring (bicyclic) bond motifs is 1. The van der Waals surface area contributed by atoms with E-state index in [2.05, 4.69) is 21.9 Å². The molecular formula is C30H40N6O4. The highest BCUT2D eigenvalue weighted by Crippen LogP contribution is 2.25. The van der Waals surface area contributed by atoms with Gasteiger partial charge >= 0.3 is 11.7 Å². The maximum absolute atomic E-state index is 13.2. The average Bonchev–Trinajstić information content (AvgIpc) is 3.31. The van der Waals surface area contributed by atoms with Gasteiger partial charge in [0, 0.05) is 51.9 Å². The molecule has 1 saturated heterocycles. The number of hydrogen-bond donors (Lipinski definition) is 2. The van der Waals surface area contributed by atoms with Gasteiger partial charge in [-0.3, -0.25) is 14.3 Å². The largest absolute Gasteiger partial charge is 0.383 e. The van der Waals surface area contributed by atoms with E-state index in [9.17, 15) is 14.4 Å². The minimum Gasteiger partial charge on any atom is -0.383 e. The summed E-state index contributed by atoms with van der Waals surface area (Å²) in [5.41, 5.74) is 2.41. The Morgan fingerprint density at radius 2 is 1.90 bits per heavy atom. The standard InChI is InChI=1S/C27H34N6O4.C3H6/c1-19(20-8-5-4-6-9-20)18-22(25(34)31(2)16-17-37-3)29-26(35)32-14-11-21(12-15-32)33-23-10-7-13-28-24(23)30-27(33)36;1-3-2/h4-10,13,18-19,21H,11-12,14-17H2,1-3H3,(H,29,35)(H,28,30,36);3H,1H2,2H3/b22-18+;. The number of carbonyl (C=O) groups excluding carboxylic acids is 2. The van der Waals surface area contributed by atoms with Crippen molar-refractivity contribution in [3.63, 3.8) is 0 Å². The summed E-state index contributed by atoms with van der Waals surface area (Å²) in [6.45, 7) is 8.97. The number of amides is 3. The predicted octanol–water partition coefficient (Wildman–Crippen LogP) is 4.06. The number of likely N-dealkylation sites (tertiary alicyclic amines) is 1. The zero-order valence-electron chi connectivity index (χ0n) is 23.8. The highest BCUT2D eigenvalue weighted by Gasteiger charge is 2.28. The molecule has 0 bridgehead atoms. The average molecular weight is 549 g/mol. The third-order valence-electron chi connectivity index (χ3n) is 6.80. The van der Waals surface area contributed by atoms with Crippen LogP contribution in [-0.4, -0.2) is 76.7 Å². The molecule has 1 unspecified atom stereocenters. The van der Waals surface area contributed by atoms with Crippen LogP contribution in [0, 0.1) is 0 Å². The number of aromatic amines is 1. The van der Waals surface area contributed by atoms with Crippen molar-refractivity contribution >= 4 is 23.1 Å². The van der Waals surface area contributed by atoms with Crippen molar-refractivity contribution in [3.8, 4) is 0 Å². The number of pyridine rings is 1. The predicted molar refractivity (Wildman–Crippen MR) is 157 cm³/mol. The molecule has 4 rings (SSSR count). The molecule has 1 aliphatic heterocycles. The molecule has 2 aromatic heterocycles. The number of ether oxygens (including phenoxy) is 1. The van der Waals surface area contributed by atoms with Crippen LogP contribution in [0.5, 0.6) is 0 Å². The minimum absolute atomic E-state index is 0.0376. The third kappa shape index (κ3) is 7.69. The fraction of sp³-hybridized carbons (Fsp3) is 0.400. The van der Waals surface area contributed by atoms with Gasteiger partial charge in [-0.05, 0) is 43.5 Å². The molecule has 10 nitrogen and oxygen atoms in total. The molecule has 3 amide bonds. The first-order valence-corrected chi connectivity index (χ1v) is 13.5. The molecule has 40 heavy (non-hydrogen) atoms. The van der Waals surface area contributed by atoms with Gasteiger partial charge in [0.25, 0.3) is 5.91 Å². The first kappa shape index (κ1) is 30.4. The summed E-state index contributed by atoms with van der Waals surface area (Å²) in [4.78, 5) is 49.3. The fourth-order valence-corrected chi connectivity index (χ4v) is 4.65. The van der Waals surface area contributed by atoms with Crippen LogP contribution in [0.4, 0.5) is 4.79 Å². The summed E-state index contributed by atoms with van der Waals surface area (Å²) in [6, 6.07) is 13.1. The normalized spacial score (nSPS) is 14.7. The van der Waals surface area contributed by atoms with E-state index in [1.165, 1.54) is 4.90 Å². The monoisotopic (exact) mass is 548 g/mol. The van der Waals surface area contributed by atoms with E-state index in [1.807, 2.05) is 50.2 Å². The van der Waals surface area contributed by atoms with E-state index in [4.69, 9.17) is 4.74 Å². The molecule has 0 radical (unpaired) electrons. The van der Waals surface area contributed by atoms with Gasteiger partial charge in [-0.1, -0.05) is 43.3 Å². The summed E-state index contributed by atoms with van der Waals surface area (Å²) < 4.78 is 6.84. The molecule has 0 saturated carbocycles. The van der Waals surface area contributed by atoms with Crippen molar-refractivity contribution in [2.24, 2.45) is 0 Å². The van der Waals surface area contributed by atoms with E-state index in [1.54, 1.807) is 48.0 Å². The maximum Gasteiger partial charge on any atom is 0.327 e. The molecule has 1 aliphatic rings. The van der Waals surface area contributed by atoms with Gasteiger partial charge < -0.3 is 19.9 Å². The first-order chi connectivity index (χ1) is 19.3. The zero-order valence-corrected chi connectivity index (χ0v) is 23.8. The smallest absolute Gasteiger partial charge is 0.327 e. The van der Waals surface area contributed by atoms with Gasteiger partial charge in [-0.25, -0.2) is 14.6 Å². The number of piperidine rings is 1. The van der Waals surface area contributed by atoms with Crippen molar-refractivity contribution in [3.05, 3.63) is 89.1 Å². The highest BCUT2D eigenvalue weighted by atomic mass is 16.5. The number of likely N-dealkylation sites (N-methyl/N-ethyl adjacent to an activating group) is 1. The molecule has 10 heteroatoms. The number of nitrogens with zero attached hydrogens (tertiary/aromatic N) is 4. The molecule has 0 spiro atoms.